The van der Waals surface area contributed by atoms with Crippen molar-refractivity contribution < 1.29 is 0 Å². The van der Waals surface area contributed by atoms with Crippen LogP contribution in [0.4, 0.5) is 0 Å². The molecule has 1 aliphatic heterocycles. The zero-order valence-electron chi connectivity index (χ0n) is 9.80. The molecule has 1 aromatic rings. The van der Waals surface area contributed by atoms with E-state index in [4.69, 9.17) is 5.73 Å². The Morgan fingerprint density at radius 3 is 2.94 bits per heavy atom. The highest BCUT2D eigenvalue weighted by atomic mass is 35.5. The minimum absolute atomic E-state index is 0. The Balaban J connectivity index is 0.00000128. The number of aryl methyl sites for hydroxylation is 1. The lowest BCUT2D eigenvalue weighted by molar-refractivity contribution is 0.200. The molecule has 92 valence electrons. The predicted octanol–water partition coefficient (Wildman–Crippen LogP) is 1.04. The van der Waals surface area contributed by atoms with Crippen LogP contribution in [0.1, 0.15) is 18.4 Å². The van der Waals surface area contributed by atoms with E-state index in [1.807, 2.05) is 10.9 Å². The van der Waals surface area contributed by atoms with Gasteiger partial charge in [0.05, 0.1) is 12.7 Å². The zero-order chi connectivity index (χ0) is 10.7. The zero-order valence-corrected chi connectivity index (χ0v) is 10.6. The van der Waals surface area contributed by atoms with E-state index in [1.165, 1.54) is 24.9 Å². The van der Waals surface area contributed by atoms with Gasteiger partial charge < -0.3 is 5.73 Å². The van der Waals surface area contributed by atoms with Gasteiger partial charge in [-0.1, -0.05) is 0 Å². The molecule has 1 aliphatic rings. The summed E-state index contributed by atoms with van der Waals surface area (Å²) in [5.41, 5.74) is 7.16. The molecule has 1 fully saturated rings. The van der Waals surface area contributed by atoms with Gasteiger partial charge in [-0.3, -0.25) is 9.58 Å². The number of hydrogen-bond acceptors (Lipinski definition) is 3. The first-order valence-corrected chi connectivity index (χ1v) is 5.71. The van der Waals surface area contributed by atoms with E-state index in [-0.39, 0.29) is 12.4 Å². The first-order chi connectivity index (χ1) is 7.24. The third-order valence-electron chi connectivity index (χ3n) is 2.95. The van der Waals surface area contributed by atoms with Crippen LogP contribution < -0.4 is 5.73 Å². The average Bonchev–Trinajstić information content (AvgIpc) is 2.62. The smallest absolute Gasteiger partial charge is 0.0536 e. The number of halogens is 1. The van der Waals surface area contributed by atoms with Crippen molar-refractivity contribution in [3.8, 4) is 0 Å². The van der Waals surface area contributed by atoms with Crippen LogP contribution in [-0.2, 0) is 6.54 Å². The lowest BCUT2D eigenvalue weighted by Gasteiger charge is -2.30. The van der Waals surface area contributed by atoms with Gasteiger partial charge in [0, 0.05) is 25.3 Å². The Bertz CT molecular complexity index is 313. The first kappa shape index (κ1) is 13.5. The maximum atomic E-state index is 5.93. The van der Waals surface area contributed by atoms with E-state index >= 15 is 0 Å². The second-order valence-electron chi connectivity index (χ2n) is 4.48. The van der Waals surface area contributed by atoms with Gasteiger partial charge in [0.2, 0.25) is 0 Å². The molecular weight excluding hydrogens is 224 g/mol. The van der Waals surface area contributed by atoms with E-state index < -0.39 is 0 Å². The van der Waals surface area contributed by atoms with Crippen LogP contribution in [0.25, 0.3) is 0 Å². The second-order valence-corrected chi connectivity index (χ2v) is 4.48. The molecule has 0 spiro atoms. The van der Waals surface area contributed by atoms with E-state index in [1.54, 1.807) is 0 Å². The SMILES string of the molecule is Cc1cnn(CCN2CCCC(N)C2)c1.Cl. The van der Waals surface area contributed by atoms with Gasteiger partial charge in [0.1, 0.15) is 0 Å². The van der Waals surface area contributed by atoms with Crippen molar-refractivity contribution in [1.82, 2.24) is 14.7 Å². The van der Waals surface area contributed by atoms with Gasteiger partial charge in [0.15, 0.2) is 0 Å². The molecule has 1 aromatic heterocycles. The molecule has 2 rings (SSSR count). The number of hydrogen-bond donors (Lipinski definition) is 1. The summed E-state index contributed by atoms with van der Waals surface area (Å²) in [7, 11) is 0. The van der Waals surface area contributed by atoms with E-state index in [2.05, 4.69) is 23.1 Å². The van der Waals surface area contributed by atoms with E-state index in [9.17, 15) is 0 Å². The fourth-order valence-electron chi connectivity index (χ4n) is 2.13. The Hall–Kier alpha value is -0.580. The molecule has 16 heavy (non-hydrogen) atoms. The van der Waals surface area contributed by atoms with Crippen LogP contribution in [0.3, 0.4) is 0 Å². The van der Waals surface area contributed by atoms with Crippen LogP contribution in [0.15, 0.2) is 12.4 Å². The molecule has 0 aliphatic carbocycles. The molecule has 0 bridgehead atoms. The highest BCUT2D eigenvalue weighted by Gasteiger charge is 2.15. The fourth-order valence-corrected chi connectivity index (χ4v) is 2.13. The minimum Gasteiger partial charge on any atom is -0.327 e. The Kier molecular flexibility index (Phi) is 5.25. The Morgan fingerprint density at radius 2 is 2.31 bits per heavy atom. The molecular formula is C11H21ClN4. The van der Waals surface area contributed by atoms with E-state index in [0.29, 0.717) is 6.04 Å². The monoisotopic (exact) mass is 244 g/mol. The van der Waals surface area contributed by atoms with Crippen molar-refractivity contribution in [3.63, 3.8) is 0 Å². The third kappa shape index (κ3) is 3.77. The van der Waals surface area contributed by atoms with Crippen LogP contribution in [-0.4, -0.2) is 40.4 Å². The number of nitrogens with zero attached hydrogens (tertiary/aromatic N) is 3. The number of nitrogens with two attached hydrogens (primary N) is 1. The van der Waals surface area contributed by atoms with Crippen molar-refractivity contribution in [3.05, 3.63) is 18.0 Å². The summed E-state index contributed by atoms with van der Waals surface area (Å²) in [4.78, 5) is 2.44. The number of rotatable bonds is 3. The molecule has 2 N–H and O–H groups in total. The summed E-state index contributed by atoms with van der Waals surface area (Å²) in [6.45, 7) is 6.34. The maximum absolute atomic E-state index is 5.93. The summed E-state index contributed by atoms with van der Waals surface area (Å²) >= 11 is 0. The van der Waals surface area contributed by atoms with Crippen LogP contribution in [0.5, 0.6) is 0 Å². The fraction of sp³-hybridized carbons (Fsp3) is 0.727. The summed E-state index contributed by atoms with van der Waals surface area (Å²) in [6.07, 6.45) is 6.41. The molecule has 0 amide bonds. The lowest BCUT2D eigenvalue weighted by atomic mass is 10.1. The van der Waals surface area contributed by atoms with Gasteiger partial charge in [-0.25, -0.2) is 0 Å². The van der Waals surface area contributed by atoms with E-state index in [0.717, 1.165) is 19.6 Å². The molecule has 1 saturated heterocycles. The van der Waals surface area contributed by atoms with Gasteiger partial charge >= 0.3 is 0 Å². The summed E-state index contributed by atoms with van der Waals surface area (Å²) < 4.78 is 2.01. The topological polar surface area (TPSA) is 47.1 Å². The molecule has 1 atom stereocenters. The summed E-state index contributed by atoms with van der Waals surface area (Å²) in [5.74, 6) is 0. The Labute approximate surface area is 103 Å². The van der Waals surface area contributed by atoms with Gasteiger partial charge in [0.25, 0.3) is 0 Å². The largest absolute Gasteiger partial charge is 0.327 e. The maximum Gasteiger partial charge on any atom is 0.0536 e. The quantitative estimate of drug-likeness (QED) is 0.864. The molecule has 4 nitrogen and oxygen atoms in total. The molecule has 1 unspecified atom stereocenters. The van der Waals surface area contributed by atoms with Crippen molar-refractivity contribution in [2.45, 2.75) is 32.4 Å². The molecule has 0 saturated carbocycles. The highest BCUT2D eigenvalue weighted by molar-refractivity contribution is 5.85. The van der Waals surface area contributed by atoms with Crippen LogP contribution in [0.2, 0.25) is 0 Å². The number of likely N-dealkylation sites (tertiary alicyclic amines) is 1. The Morgan fingerprint density at radius 1 is 1.50 bits per heavy atom. The van der Waals surface area contributed by atoms with Crippen molar-refractivity contribution in [2.24, 2.45) is 5.73 Å². The normalized spacial score (nSPS) is 21.8. The molecule has 2 heterocycles. The van der Waals surface area contributed by atoms with Gasteiger partial charge in [-0.05, 0) is 31.9 Å². The number of aromatic nitrogens is 2. The lowest BCUT2D eigenvalue weighted by Crippen LogP contribution is -2.43. The third-order valence-corrected chi connectivity index (χ3v) is 2.95. The average molecular weight is 245 g/mol. The number of piperidine rings is 1. The highest BCUT2D eigenvalue weighted by Crippen LogP contribution is 2.07. The summed E-state index contributed by atoms with van der Waals surface area (Å²) in [6, 6.07) is 0.373. The van der Waals surface area contributed by atoms with Crippen molar-refractivity contribution >= 4 is 12.4 Å². The second kappa shape index (κ2) is 6.23. The first-order valence-electron chi connectivity index (χ1n) is 5.71. The minimum atomic E-state index is 0. The van der Waals surface area contributed by atoms with Crippen molar-refractivity contribution in [1.29, 1.82) is 0 Å². The van der Waals surface area contributed by atoms with Crippen LogP contribution >= 0.6 is 12.4 Å². The van der Waals surface area contributed by atoms with Crippen LogP contribution in [0, 0.1) is 6.92 Å². The predicted molar refractivity (Wildman–Crippen MR) is 67.9 cm³/mol. The summed E-state index contributed by atoms with van der Waals surface area (Å²) in [5, 5.41) is 4.28. The molecule has 0 aromatic carbocycles. The molecule has 0 radical (unpaired) electrons. The standard InChI is InChI=1S/C11H20N4.ClH/c1-10-7-13-15(8-10)6-5-14-4-2-3-11(12)9-14;/h7-8,11H,2-6,9,12H2,1H3;1H. The van der Waals surface area contributed by atoms with Gasteiger partial charge in [-0.15, -0.1) is 12.4 Å². The van der Waals surface area contributed by atoms with Crippen molar-refractivity contribution in [2.75, 3.05) is 19.6 Å². The molecule has 5 heteroatoms. The van der Waals surface area contributed by atoms with Gasteiger partial charge in [-0.2, -0.15) is 5.10 Å².